The molecule has 0 aromatic heterocycles. The molecule has 61 heavy (non-hydrogen) atoms. The molecule has 0 radical (unpaired) electrons. The van der Waals surface area contributed by atoms with Crippen molar-refractivity contribution in [2.45, 2.75) is 77.8 Å². The van der Waals surface area contributed by atoms with Crippen LogP contribution in [0.4, 0.5) is 11.4 Å². The maximum Gasteiger partial charge on any atom is 0.257 e. The number of aliphatic hydroxyl groups excluding tert-OH is 1. The summed E-state index contributed by atoms with van der Waals surface area (Å²) in [5, 5.41) is 26.4. The molecule has 4 unspecified atom stereocenters. The summed E-state index contributed by atoms with van der Waals surface area (Å²) in [4.78, 5) is 59.6. The number of nitriles is 1. The highest BCUT2D eigenvalue weighted by atomic mass is 35.5. The normalized spacial score (nSPS) is 28.2. The lowest BCUT2D eigenvalue weighted by Gasteiger charge is -2.63. The first-order valence-corrected chi connectivity index (χ1v) is 22.0. The first-order chi connectivity index (χ1) is 29.1. The van der Waals surface area contributed by atoms with Gasteiger partial charge in [0.25, 0.3) is 11.8 Å². The van der Waals surface area contributed by atoms with Crippen LogP contribution in [-0.4, -0.2) is 103 Å². The van der Waals surface area contributed by atoms with Crippen LogP contribution in [0.5, 0.6) is 5.75 Å². The van der Waals surface area contributed by atoms with Crippen LogP contribution in [0.15, 0.2) is 60.7 Å². The number of halogens is 1. The van der Waals surface area contributed by atoms with Crippen molar-refractivity contribution >= 4 is 46.6 Å². The van der Waals surface area contributed by atoms with E-state index in [9.17, 15) is 29.5 Å². The first kappa shape index (κ1) is 41.2. The van der Waals surface area contributed by atoms with Crippen molar-refractivity contribution in [1.29, 1.82) is 5.26 Å². The maximum absolute atomic E-state index is 13.5. The molecule has 5 aliphatic heterocycles. The number of rotatable bonds is 9. The number of nitrogens with one attached hydrogen (secondary N) is 2. The lowest BCUT2D eigenvalue weighted by molar-refractivity contribution is -0.164. The van der Waals surface area contributed by atoms with Crippen molar-refractivity contribution in [3.8, 4) is 11.8 Å². The number of aliphatic hydroxyl groups is 1. The summed E-state index contributed by atoms with van der Waals surface area (Å²) in [6, 6.07) is 19.8. The van der Waals surface area contributed by atoms with E-state index < -0.39 is 18.2 Å². The van der Waals surface area contributed by atoms with Crippen LogP contribution in [0, 0.1) is 39.9 Å². The molecule has 3 aromatic rings. The van der Waals surface area contributed by atoms with Crippen molar-refractivity contribution in [1.82, 2.24) is 20.4 Å². The minimum Gasteiger partial charge on any atom is -0.489 e. The molecule has 1 aliphatic carbocycles. The highest BCUT2D eigenvalue weighted by Gasteiger charge is 2.64. The van der Waals surface area contributed by atoms with Crippen LogP contribution >= 0.6 is 11.6 Å². The lowest BCUT2D eigenvalue weighted by Crippen LogP contribution is -2.74. The van der Waals surface area contributed by atoms with Gasteiger partial charge in [0.15, 0.2) is 6.23 Å². The number of imide groups is 1. The fourth-order valence-corrected chi connectivity index (χ4v) is 11.9. The maximum atomic E-state index is 13.5. The number of likely N-dealkylation sites (tertiary alicyclic amines) is 1. The van der Waals surface area contributed by atoms with Gasteiger partial charge < -0.3 is 29.9 Å². The molecular weight excluding hydrogens is 794 g/mol. The largest absolute Gasteiger partial charge is 0.489 e. The molecule has 14 heteroatoms. The number of carbonyl (C=O) groups is 4. The Balaban J connectivity index is 0.729. The van der Waals surface area contributed by atoms with Gasteiger partial charge in [-0.1, -0.05) is 39.3 Å². The molecule has 4 saturated heterocycles. The van der Waals surface area contributed by atoms with Gasteiger partial charge in [-0.25, -0.2) is 0 Å². The third kappa shape index (κ3) is 7.40. The molecule has 1 saturated carbocycles. The second-order valence-electron chi connectivity index (χ2n) is 19.2. The van der Waals surface area contributed by atoms with E-state index in [1.165, 1.54) is 4.90 Å². The van der Waals surface area contributed by atoms with E-state index in [0.29, 0.717) is 50.8 Å². The van der Waals surface area contributed by atoms with Crippen LogP contribution < -0.4 is 25.2 Å². The second kappa shape index (κ2) is 15.6. The van der Waals surface area contributed by atoms with Gasteiger partial charge in [0.2, 0.25) is 11.8 Å². The minimum absolute atomic E-state index is 0.101. The lowest BCUT2D eigenvalue weighted by atomic mass is 9.49. The Morgan fingerprint density at radius 3 is 2.21 bits per heavy atom. The standard InChI is InChI=1S/C47H54ClN7O6/c1-46(2)44(47(3,4)45(46)61-34-11-7-29(21-49)37(48)20-34)51-40(57)28-5-8-32(9-6-28)53-17-15-27(16-18-53)22-52-23-30-25-54(26-31(30)24-52)33-10-12-35-36(19-33)43(60)55(42(35)59)38-13-14-39(56)50-41(38)58/h5-12,19-20,27,30-31,38,43-45,60H,13-18,22-26H2,1-4H3,(H,51,57)(H,50,56,58). The number of ether oxygens (including phenoxy) is 1. The number of nitrogens with zero attached hydrogens (tertiary/aromatic N) is 5. The van der Waals surface area contributed by atoms with Crippen LogP contribution in [0.2, 0.25) is 5.02 Å². The molecule has 4 atom stereocenters. The van der Waals surface area contributed by atoms with Crippen LogP contribution in [0.3, 0.4) is 0 Å². The molecule has 9 rings (SSSR count). The van der Waals surface area contributed by atoms with E-state index in [1.807, 2.05) is 24.3 Å². The molecular formula is C47H54ClN7O6. The Labute approximate surface area is 361 Å². The van der Waals surface area contributed by atoms with Gasteiger partial charge in [0, 0.05) is 103 Å². The van der Waals surface area contributed by atoms with Crippen LogP contribution in [0.1, 0.15) is 91.4 Å². The third-order valence-electron chi connectivity index (χ3n) is 14.6. The number of hydrogen-bond acceptors (Lipinski definition) is 10. The monoisotopic (exact) mass is 847 g/mol. The van der Waals surface area contributed by atoms with Gasteiger partial charge in [-0.3, -0.25) is 29.4 Å². The Morgan fingerprint density at radius 1 is 0.902 bits per heavy atom. The first-order valence-electron chi connectivity index (χ1n) is 21.6. The molecule has 5 heterocycles. The SMILES string of the molecule is CC1(C)C(NC(=O)c2ccc(N3CCC(CN4CC5CN(c6ccc7c(c6)C(O)N(C6CCC(=O)NC6=O)C7=O)CC5C4)CC3)cc2)C(C)(C)C1Oc1ccc(C#N)c(Cl)c1. The average molecular weight is 848 g/mol. The molecule has 6 aliphatic rings. The number of benzene rings is 3. The van der Waals surface area contributed by atoms with E-state index in [4.69, 9.17) is 16.3 Å². The number of hydrogen-bond donors (Lipinski definition) is 3. The molecule has 320 valence electrons. The second-order valence-corrected chi connectivity index (χ2v) is 19.7. The molecule has 13 nitrogen and oxygen atoms in total. The predicted molar refractivity (Wildman–Crippen MR) is 230 cm³/mol. The Hall–Kier alpha value is -5.16. The van der Waals surface area contributed by atoms with Crippen LogP contribution in [0.25, 0.3) is 0 Å². The van der Waals surface area contributed by atoms with Gasteiger partial charge in [0.05, 0.1) is 10.6 Å². The van der Waals surface area contributed by atoms with E-state index in [-0.39, 0.29) is 53.5 Å². The summed E-state index contributed by atoms with van der Waals surface area (Å²) in [7, 11) is 0. The summed E-state index contributed by atoms with van der Waals surface area (Å²) >= 11 is 6.26. The molecule has 3 aromatic carbocycles. The Morgan fingerprint density at radius 2 is 1.57 bits per heavy atom. The van der Waals surface area contributed by atoms with Crippen LogP contribution in [-0.2, 0) is 9.59 Å². The number of carbonyl (C=O) groups excluding carboxylic acids is 4. The molecule has 4 amide bonds. The van der Waals surface area contributed by atoms with Gasteiger partial charge in [-0.2, -0.15) is 5.26 Å². The zero-order valence-electron chi connectivity index (χ0n) is 35.2. The average Bonchev–Trinajstić information content (AvgIpc) is 3.88. The smallest absolute Gasteiger partial charge is 0.257 e. The van der Waals surface area contributed by atoms with Crippen molar-refractivity contribution in [3.05, 3.63) is 87.9 Å². The molecule has 0 spiro atoms. The van der Waals surface area contributed by atoms with Crippen molar-refractivity contribution in [3.63, 3.8) is 0 Å². The highest BCUT2D eigenvalue weighted by molar-refractivity contribution is 6.31. The van der Waals surface area contributed by atoms with Gasteiger partial charge in [-0.05, 0) is 91.6 Å². The topological polar surface area (TPSA) is 159 Å². The predicted octanol–water partition coefficient (Wildman–Crippen LogP) is 5.36. The fraction of sp³-hybridized carbons (Fsp3) is 0.511. The van der Waals surface area contributed by atoms with E-state index in [0.717, 1.165) is 70.0 Å². The summed E-state index contributed by atoms with van der Waals surface area (Å²) in [5.74, 6) is 0.971. The molecule has 3 N–H and O–H groups in total. The number of anilines is 2. The number of piperidine rings is 2. The zero-order chi connectivity index (χ0) is 43.0. The number of fused-ring (bicyclic) bond motifs is 2. The quantitative estimate of drug-likeness (QED) is 0.240. The van der Waals surface area contributed by atoms with Crippen molar-refractivity contribution < 1.29 is 29.0 Å². The zero-order valence-corrected chi connectivity index (χ0v) is 36.0. The summed E-state index contributed by atoms with van der Waals surface area (Å²) in [6.45, 7) is 15.5. The van der Waals surface area contributed by atoms with Crippen molar-refractivity contribution in [2.24, 2.45) is 28.6 Å². The number of amides is 4. The molecule has 0 bridgehead atoms. The van der Waals surface area contributed by atoms with E-state index >= 15 is 0 Å². The van der Waals surface area contributed by atoms with Gasteiger partial charge in [0.1, 0.15) is 24.0 Å². The summed E-state index contributed by atoms with van der Waals surface area (Å²) in [5.41, 5.74) is 3.39. The summed E-state index contributed by atoms with van der Waals surface area (Å²) in [6.07, 6.45) is 1.18. The highest BCUT2D eigenvalue weighted by Crippen LogP contribution is 2.55. The molecule has 5 fully saturated rings. The van der Waals surface area contributed by atoms with E-state index in [1.54, 1.807) is 24.3 Å². The van der Waals surface area contributed by atoms with E-state index in [2.05, 4.69) is 71.2 Å². The fourth-order valence-electron chi connectivity index (χ4n) is 11.6. The van der Waals surface area contributed by atoms with Gasteiger partial charge >= 0.3 is 0 Å². The minimum atomic E-state index is -1.22. The third-order valence-corrected chi connectivity index (χ3v) is 14.9. The van der Waals surface area contributed by atoms with Crippen molar-refractivity contribution in [2.75, 3.05) is 55.6 Å². The Bertz CT molecular complexity index is 2270. The Kier molecular flexibility index (Phi) is 10.6. The summed E-state index contributed by atoms with van der Waals surface area (Å²) < 4.78 is 6.39. The van der Waals surface area contributed by atoms with Gasteiger partial charge in [-0.15, -0.1) is 0 Å².